The number of pyridine rings is 3. The maximum atomic E-state index is 12.5. The van der Waals surface area contributed by atoms with E-state index >= 15 is 0 Å². The van der Waals surface area contributed by atoms with E-state index in [-0.39, 0.29) is 22.8 Å². The van der Waals surface area contributed by atoms with Crippen LogP contribution in [0.2, 0.25) is 0 Å². The molecule has 7 nitrogen and oxygen atoms in total. The van der Waals surface area contributed by atoms with Gasteiger partial charge in [-0.1, -0.05) is 26.8 Å². The number of nitrogens with one attached hydrogen (secondary N) is 2. The molecule has 0 saturated heterocycles. The van der Waals surface area contributed by atoms with Crippen LogP contribution in [-0.4, -0.2) is 24.9 Å². The van der Waals surface area contributed by atoms with E-state index in [2.05, 4.69) is 24.9 Å². The number of hydrogen-bond acceptors (Lipinski definition) is 5. The molecule has 0 aliphatic rings. The van der Waals surface area contributed by atoms with Crippen LogP contribution in [0.15, 0.2) is 46.2 Å². The van der Waals surface area contributed by atoms with Gasteiger partial charge >= 0.3 is 0 Å². The van der Waals surface area contributed by atoms with Crippen molar-refractivity contribution in [2.24, 2.45) is 0 Å². The van der Waals surface area contributed by atoms with Crippen LogP contribution in [0.4, 0.5) is 0 Å². The van der Waals surface area contributed by atoms with Crippen LogP contribution < -0.4 is 11.0 Å². The Bertz CT molecular complexity index is 1290. The molecule has 1 unspecified atom stereocenters. The molecule has 0 spiro atoms. The van der Waals surface area contributed by atoms with Crippen molar-refractivity contribution in [3.8, 4) is 0 Å². The third kappa shape index (κ3) is 3.31. The van der Waals surface area contributed by atoms with Crippen molar-refractivity contribution < 1.29 is 0 Å². The predicted octanol–water partition coefficient (Wildman–Crippen LogP) is 3.02. The highest BCUT2D eigenvalue weighted by atomic mass is 16.1. The number of nitrogens with zero attached hydrogens (tertiary/aromatic N) is 3. The van der Waals surface area contributed by atoms with E-state index in [1.807, 2.05) is 39.0 Å². The molecule has 0 bridgehead atoms. The monoisotopic (exact) mass is 375 g/mol. The van der Waals surface area contributed by atoms with Crippen molar-refractivity contribution in [2.45, 2.75) is 39.0 Å². The first-order chi connectivity index (χ1) is 13.4. The van der Waals surface area contributed by atoms with E-state index in [1.165, 1.54) is 0 Å². The van der Waals surface area contributed by atoms with E-state index in [4.69, 9.17) is 0 Å². The molecule has 0 aliphatic carbocycles. The summed E-state index contributed by atoms with van der Waals surface area (Å²) < 4.78 is 0. The average molecular weight is 375 g/mol. The number of rotatable bonds is 4. The van der Waals surface area contributed by atoms with Crippen LogP contribution in [0.1, 0.15) is 49.8 Å². The van der Waals surface area contributed by atoms with E-state index in [0.717, 1.165) is 16.8 Å². The zero-order valence-corrected chi connectivity index (χ0v) is 16.0. The third-order valence-electron chi connectivity index (χ3n) is 4.84. The molecule has 4 aromatic rings. The van der Waals surface area contributed by atoms with Gasteiger partial charge in [0.25, 0.3) is 5.56 Å². The second kappa shape index (κ2) is 6.99. The third-order valence-corrected chi connectivity index (χ3v) is 4.84. The first-order valence-corrected chi connectivity index (χ1v) is 9.29. The maximum absolute atomic E-state index is 12.5. The van der Waals surface area contributed by atoms with Gasteiger partial charge in [-0.05, 0) is 18.6 Å². The first kappa shape index (κ1) is 18.0. The van der Waals surface area contributed by atoms with Crippen LogP contribution in [0.25, 0.3) is 21.9 Å². The molecule has 4 rings (SSSR count). The lowest BCUT2D eigenvalue weighted by Gasteiger charge is -2.12. The Morgan fingerprint density at radius 1 is 1.07 bits per heavy atom. The number of hydrogen-bond donors (Lipinski definition) is 2. The number of fused-ring (bicyclic) bond motifs is 2. The topological polar surface area (TPSA) is 104 Å². The van der Waals surface area contributed by atoms with Gasteiger partial charge in [-0.3, -0.25) is 9.59 Å². The molecule has 1 atom stereocenters. The maximum Gasteiger partial charge on any atom is 0.274 e. The van der Waals surface area contributed by atoms with E-state index in [1.54, 1.807) is 18.5 Å². The molecule has 0 aromatic carbocycles. The molecular formula is C21H21N5O2. The summed E-state index contributed by atoms with van der Waals surface area (Å²) in [5, 5.41) is 1.29. The van der Waals surface area contributed by atoms with Crippen LogP contribution in [0, 0.1) is 0 Å². The molecular weight excluding hydrogens is 354 g/mol. The number of H-pyrrole nitrogens is 2. The van der Waals surface area contributed by atoms with Gasteiger partial charge in [-0.2, -0.15) is 0 Å². The van der Waals surface area contributed by atoms with Crippen molar-refractivity contribution in [3.63, 3.8) is 0 Å². The molecule has 0 amide bonds. The van der Waals surface area contributed by atoms with Gasteiger partial charge in [0.05, 0.1) is 5.39 Å². The Kier molecular flexibility index (Phi) is 4.50. The minimum atomic E-state index is -0.205. The lowest BCUT2D eigenvalue weighted by molar-refractivity contribution is 0.718. The minimum Gasteiger partial charge on any atom is -0.343 e. The summed E-state index contributed by atoms with van der Waals surface area (Å²) in [6.45, 7) is 6.05. The van der Waals surface area contributed by atoms with Gasteiger partial charge in [0.1, 0.15) is 17.0 Å². The summed E-state index contributed by atoms with van der Waals surface area (Å²) in [5.74, 6) is 0.891. The van der Waals surface area contributed by atoms with Crippen molar-refractivity contribution >= 4 is 21.9 Å². The zero-order chi connectivity index (χ0) is 19.8. The van der Waals surface area contributed by atoms with Gasteiger partial charge in [0.15, 0.2) is 5.43 Å². The van der Waals surface area contributed by atoms with Crippen molar-refractivity contribution in [1.82, 2.24) is 24.9 Å². The molecule has 0 radical (unpaired) electrons. The molecule has 4 aromatic heterocycles. The van der Waals surface area contributed by atoms with Crippen LogP contribution in [0.5, 0.6) is 0 Å². The van der Waals surface area contributed by atoms with Crippen molar-refractivity contribution in [3.05, 3.63) is 74.4 Å². The highest BCUT2D eigenvalue weighted by molar-refractivity contribution is 5.77. The molecule has 0 fully saturated rings. The molecule has 142 valence electrons. The van der Waals surface area contributed by atoms with Crippen LogP contribution in [0.3, 0.4) is 0 Å². The summed E-state index contributed by atoms with van der Waals surface area (Å²) in [7, 11) is 0. The first-order valence-electron chi connectivity index (χ1n) is 9.29. The Balaban J connectivity index is 1.70. The lowest BCUT2D eigenvalue weighted by atomic mass is 10.00. The summed E-state index contributed by atoms with van der Waals surface area (Å²) >= 11 is 0. The highest BCUT2D eigenvalue weighted by Crippen LogP contribution is 2.20. The normalized spacial score (nSPS) is 12.7. The summed E-state index contributed by atoms with van der Waals surface area (Å²) in [4.78, 5) is 43.7. The van der Waals surface area contributed by atoms with Crippen LogP contribution >= 0.6 is 0 Å². The van der Waals surface area contributed by atoms with Crippen molar-refractivity contribution in [2.75, 3.05) is 0 Å². The second-order valence-corrected chi connectivity index (χ2v) is 7.39. The van der Waals surface area contributed by atoms with E-state index in [0.29, 0.717) is 28.8 Å². The van der Waals surface area contributed by atoms with Gasteiger partial charge in [0.2, 0.25) is 0 Å². The van der Waals surface area contributed by atoms with E-state index in [9.17, 15) is 9.59 Å². The van der Waals surface area contributed by atoms with Crippen LogP contribution in [-0.2, 0) is 6.42 Å². The van der Waals surface area contributed by atoms with Gasteiger partial charge in [-0.15, -0.1) is 0 Å². The number of aromatic amines is 2. The SMILES string of the molecule is CC(C)c1ncc2c(=O)cc(CC(C)c3ccc4cc[nH]c(=O)c4n3)[nH]c2n1. The summed E-state index contributed by atoms with van der Waals surface area (Å²) in [6.07, 6.45) is 3.78. The largest absolute Gasteiger partial charge is 0.343 e. The summed E-state index contributed by atoms with van der Waals surface area (Å²) in [5.41, 5.74) is 2.25. The fraction of sp³-hybridized carbons (Fsp3) is 0.286. The minimum absolute atomic E-state index is 0.0171. The molecule has 0 aliphatic heterocycles. The Hall–Kier alpha value is -3.35. The molecule has 0 saturated carbocycles. The van der Waals surface area contributed by atoms with Crippen molar-refractivity contribution in [1.29, 1.82) is 0 Å². The van der Waals surface area contributed by atoms with Gasteiger partial charge in [-0.25, -0.2) is 15.0 Å². The molecule has 7 heteroatoms. The quantitative estimate of drug-likeness (QED) is 0.570. The summed E-state index contributed by atoms with van der Waals surface area (Å²) in [6, 6.07) is 7.23. The lowest BCUT2D eigenvalue weighted by Crippen LogP contribution is -2.12. The molecule has 2 N–H and O–H groups in total. The van der Waals surface area contributed by atoms with Gasteiger partial charge in [0, 0.05) is 47.1 Å². The fourth-order valence-electron chi connectivity index (χ4n) is 3.27. The Morgan fingerprint density at radius 2 is 1.89 bits per heavy atom. The van der Waals surface area contributed by atoms with Gasteiger partial charge < -0.3 is 9.97 Å². The smallest absolute Gasteiger partial charge is 0.274 e. The predicted molar refractivity (Wildman–Crippen MR) is 109 cm³/mol. The Morgan fingerprint density at radius 3 is 2.68 bits per heavy atom. The fourth-order valence-corrected chi connectivity index (χ4v) is 3.27. The zero-order valence-electron chi connectivity index (χ0n) is 16.0. The standard InChI is InChI=1S/C21H21N5O2/c1-11(2)19-23-10-15-17(27)9-14(24-20(15)26-19)8-12(3)16-5-4-13-6-7-22-21(28)18(13)25-16/h4-7,9-12H,8H2,1-3H3,(H,22,28)(H,23,24,26,27). The molecule has 28 heavy (non-hydrogen) atoms. The average Bonchev–Trinajstić information content (AvgIpc) is 2.67. The second-order valence-electron chi connectivity index (χ2n) is 7.39. The number of aromatic nitrogens is 5. The highest BCUT2D eigenvalue weighted by Gasteiger charge is 2.13. The van der Waals surface area contributed by atoms with E-state index < -0.39 is 0 Å². The Labute approximate surface area is 160 Å². The molecule has 4 heterocycles.